The third kappa shape index (κ3) is 3.32. The van der Waals surface area contributed by atoms with E-state index in [0.717, 1.165) is 11.6 Å². The fourth-order valence-corrected chi connectivity index (χ4v) is 1.64. The Morgan fingerprint density at radius 3 is 2.85 bits per heavy atom. The van der Waals surface area contributed by atoms with Gasteiger partial charge in [-0.05, 0) is 36.3 Å². The van der Waals surface area contributed by atoms with Crippen LogP contribution in [0.1, 0.15) is 21.5 Å². The summed E-state index contributed by atoms with van der Waals surface area (Å²) < 4.78 is 0. The van der Waals surface area contributed by atoms with Crippen LogP contribution >= 0.6 is 0 Å². The molecule has 0 saturated heterocycles. The Labute approximate surface area is 115 Å². The molecule has 6 heteroatoms. The number of nitrogens with one attached hydrogen (secondary N) is 2. The maximum atomic E-state index is 12.0. The summed E-state index contributed by atoms with van der Waals surface area (Å²) in [6.07, 6.45) is 5.57. The average Bonchev–Trinajstić information content (AvgIpc) is 2.90. The molecule has 0 fully saturated rings. The van der Waals surface area contributed by atoms with Crippen molar-refractivity contribution in [1.29, 1.82) is 0 Å². The van der Waals surface area contributed by atoms with Gasteiger partial charge in [0.05, 0.1) is 11.9 Å². The summed E-state index contributed by atoms with van der Waals surface area (Å²) in [4.78, 5) is 22.6. The van der Waals surface area contributed by atoms with Crippen molar-refractivity contribution in [2.75, 3.05) is 5.32 Å². The largest absolute Gasteiger partial charge is 0.478 e. The van der Waals surface area contributed by atoms with Gasteiger partial charge in [-0.25, -0.2) is 4.79 Å². The van der Waals surface area contributed by atoms with Crippen LogP contribution in [0.4, 0.5) is 5.69 Å². The number of aliphatic carboxylic acids is 1. The summed E-state index contributed by atoms with van der Waals surface area (Å²) in [6, 6.07) is 5.10. The van der Waals surface area contributed by atoms with Gasteiger partial charge in [0.15, 0.2) is 0 Å². The van der Waals surface area contributed by atoms with Crippen LogP contribution in [0.3, 0.4) is 0 Å². The lowest BCUT2D eigenvalue weighted by Gasteiger charge is -2.06. The van der Waals surface area contributed by atoms with Crippen molar-refractivity contribution >= 4 is 23.6 Å². The number of nitrogens with zero attached hydrogens (tertiary/aromatic N) is 1. The van der Waals surface area contributed by atoms with E-state index in [9.17, 15) is 9.59 Å². The molecule has 1 aromatic carbocycles. The first-order valence-corrected chi connectivity index (χ1v) is 5.88. The third-order valence-corrected chi connectivity index (χ3v) is 2.70. The van der Waals surface area contributed by atoms with E-state index >= 15 is 0 Å². The van der Waals surface area contributed by atoms with Crippen molar-refractivity contribution in [3.8, 4) is 0 Å². The van der Waals surface area contributed by atoms with E-state index < -0.39 is 5.97 Å². The maximum Gasteiger partial charge on any atom is 0.328 e. The number of rotatable bonds is 4. The highest BCUT2D eigenvalue weighted by atomic mass is 16.4. The zero-order valence-corrected chi connectivity index (χ0v) is 10.8. The second-order valence-electron chi connectivity index (χ2n) is 4.18. The predicted octanol–water partition coefficient (Wildman–Crippen LogP) is 2.07. The molecule has 20 heavy (non-hydrogen) atoms. The number of aromatic amines is 1. The lowest BCUT2D eigenvalue weighted by atomic mass is 10.0. The van der Waals surface area contributed by atoms with Gasteiger partial charge in [-0.2, -0.15) is 5.10 Å². The molecule has 0 aliphatic rings. The molecule has 0 spiro atoms. The normalized spacial score (nSPS) is 10.7. The van der Waals surface area contributed by atoms with E-state index in [1.807, 2.05) is 6.92 Å². The summed E-state index contributed by atoms with van der Waals surface area (Å²) in [6.45, 7) is 1.85. The number of carboxylic acid groups (broad SMARTS) is 1. The summed E-state index contributed by atoms with van der Waals surface area (Å²) >= 11 is 0. The zero-order chi connectivity index (χ0) is 14.5. The molecular weight excluding hydrogens is 258 g/mol. The van der Waals surface area contributed by atoms with Crippen molar-refractivity contribution < 1.29 is 14.7 Å². The molecule has 1 amide bonds. The van der Waals surface area contributed by atoms with E-state index in [0.29, 0.717) is 16.8 Å². The van der Waals surface area contributed by atoms with Gasteiger partial charge in [-0.3, -0.25) is 9.89 Å². The Kier molecular flexibility index (Phi) is 3.95. The van der Waals surface area contributed by atoms with Crippen LogP contribution in [0, 0.1) is 6.92 Å². The van der Waals surface area contributed by atoms with Gasteiger partial charge in [0, 0.05) is 17.8 Å². The molecule has 0 unspecified atom stereocenters. The number of hydrogen-bond donors (Lipinski definition) is 3. The molecule has 0 saturated carbocycles. The van der Waals surface area contributed by atoms with E-state index in [-0.39, 0.29) is 5.91 Å². The molecule has 3 N–H and O–H groups in total. The summed E-state index contributed by atoms with van der Waals surface area (Å²) in [7, 11) is 0. The first-order chi connectivity index (χ1) is 9.56. The van der Waals surface area contributed by atoms with E-state index in [1.54, 1.807) is 24.4 Å². The topological polar surface area (TPSA) is 95.1 Å². The number of carbonyl (C=O) groups excluding carboxylic acids is 1. The van der Waals surface area contributed by atoms with Crippen molar-refractivity contribution in [2.45, 2.75) is 6.92 Å². The number of aryl methyl sites for hydroxylation is 1. The highest BCUT2D eigenvalue weighted by Gasteiger charge is 2.08. The zero-order valence-electron chi connectivity index (χ0n) is 10.8. The van der Waals surface area contributed by atoms with Crippen molar-refractivity contribution in [3.63, 3.8) is 0 Å². The SMILES string of the molecule is Cc1ccc(C(=O)Nc2cn[nH]c2)cc1/C=C/C(=O)O. The molecule has 0 radical (unpaired) electrons. The number of carbonyl (C=O) groups is 2. The quantitative estimate of drug-likeness (QED) is 0.742. The number of anilines is 1. The molecule has 0 atom stereocenters. The van der Waals surface area contributed by atoms with Crippen molar-refractivity contribution in [1.82, 2.24) is 10.2 Å². The fourth-order valence-electron chi connectivity index (χ4n) is 1.64. The molecular formula is C14H13N3O3. The van der Waals surface area contributed by atoms with Crippen LogP contribution in [-0.4, -0.2) is 27.2 Å². The number of benzene rings is 1. The highest BCUT2D eigenvalue weighted by Crippen LogP contribution is 2.14. The monoisotopic (exact) mass is 271 g/mol. The molecule has 0 aliphatic heterocycles. The molecule has 102 valence electrons. The molecule has 2 aromatic rings. The van der Waals surface area contributed by atoms with Gasteiger partial charge < -0.3 is 10.4 Å². The van der Waals surface area contributed by atoms with Gasteiger partial charge in [0.25, 0.3) is 5.91 Å². The first-order valence-electron chi connectivity index (χ1n) is 5.88. The van der Waals surface area contributed by atoms with E-state index in [2.05, 4.69) is 15.5 Å². The standard InChI is InChI=1S/C14H13N3O3/c1-9-2-3-11(6-10(9)4-5-13(18)19)14(20)17-12-7-15-16-8-12/h2-8H,1H3,(H,15,16)(H,17,20)(H,18,19)/b5-4+. The number of amides is 1. The Hall–Kier alpha value is -2.89. The van der Waals surface area contributed by atoms with Gasteiger partial charge in [0.1, 0.15) is 0 Å². The average molecular weight is 271 g/mol. The number of carboxylic acids is 1. The summed E-state index contributed by atoms with van der Waals surface area (Å²) in [5.41, 5.74) is 2.59. The predicted molar refractivity (Wildman–Crippen MR) is 74.4 cm³/mol. The molecule has 1 aromatic heterocycles. The van der Waals surface area contributed by atoms with E-state index in [1.165, 1.54) is 12.3 Å². The third-order valence-electron chi connectivity index (χ3n) is 2.70. The molecule has 0 bridgehead atoms. The van der Waals surface area contributed by atoms with Crippen molar-refractivity contribution in [3.05, 3.63) is 53.4 Å². The fraction of sp³-hybridized carbons (Fsp3) is 0.0714. The second kappa shape index (κ2) is 5.83. The second-order valence-corrected chi connectivity index (χ2v) is 4.18. The number of hydrogen-bond acceptors (Lipinski definition) is 3. The summed E-state index contributed by atoms with van der Waals surface area (Å²) in [5.74, 6) is -1.31. The Morgan fingerprint density at radius 1 is 1.40 bits per heavy atom. The van der Waals surface area contributed by atoms with Gasteiger partial charge in [-0.1, -0.05) is 6.07 Å². The number of aromatic nitrogens is 2. The Balaban J connectivity index is 2.22. The van der Waals surface area contributed by atoms with Crippen LogP contribution in [0.15, 0.2) is 36.7 Å². The molecule has 2 rings (SSSR count). The van der Waals surface area contributed by atoms with Crippen LogP contribution in [-0.2, 0) is 4.79 Å². The van der Waals surface area contributed by atoms with Crippen LogP contribution in [0.2, 0.25) is 0 Å². The lowest BCUT2D eigenvalue weighted by molar-refractivity contribution is -0.131. The number of H-pyrrole nitrogens is 1. The van der Waals surface area contributed by atoms with E-state index in [4.69, 9.17) is 5.11 Å². The lowest BCUT2D eigenvalue weighted by Crippen LogP contribution is -2.11. The maximum absolute atomic E-state index is 12.0. The summed E-state index contributed by atoms with van der Waals surface area (Å²) in [5, 5.41) is 17.6. The van der Waals surface area contributed by atoms with Gasteiger partial charge >= 0.3 is 5.97 Å². The molecule has 1 heterocycles. The van der Waals surface area contributed by atoms with Crippen LogP contribution < -0.4 is 5.32 Å². The first kappa shape index (κ1) is 13.5. The van der Waals surface area contributed by atoms with Crippen LogP contribution in [0.5, 0.6) is 0 Å². The Bertz CT molecular complexity index is 660. The van der Waals surface area contributed by atoms with Crippen LogP contribution in [0.25, 0.3) is 6.08 Å². The Morgan fingerprint density at radius 2 is 2.20 bits per heavy atom. The minimum Gasteiger partial charge on any atom is -0.478 e. The van der Waals surface area contributed by atoms with Crippen molar-refractivity contribution in [2.24, 2.45) is 0 Å². The minimum absolute atomic E-state index is 0.281. The van der Waals surface area contributed by atoms with Gasteiger partial charge in [-0.15, -0.1) is 0 Å². The smallest absolute Gasteiger partial charge is 0.328 e. The molecule has 0 aliphatic carbocycles. The minimum atomic E-state index is -1.03. The molecule has 6 nitrogen and oxygen atoms in total. The van der Waals surface area contributed by atoms with Gasteiger partial charge in [0.2, 0.25) is 0 Å². The highest BCUT2D eigenvalue weighted by molar-refractivity contribution is 6.04.